The van der Waals surface area contributed by atoms with E-state index in [0.717, 1.165) is 25.2 Å². The van der Waals surface area contributed by atoms with Gasteiger partial charge in [-0.05, 0) is 44.5 Å². The van der Waals surface area contributed by atoms with E-state index in [9.17, 15) is 9.59 Å². The number of likely N-dealkylation sites (N-methyl/N-ethyl adjacent to an activating group) is 2. The standard InChI is InChI=1S/C29H45N7O5/c1-7-21(8-2)36-23(9-3)28(38)35(5)24-19-32-29(34-26(24)36)33-22-11-10-20(18-25(22)39-6)27(37)31-13-15-41-17-16-40-14-12-30-4/h10-11,18-19,21,23,30H,7-9,12-17H2,1-6H3,(H,31,37)(H,32,33,34). The number of methoxy groups -OCH3 is 1. The van der Waals surface area contributed by atoms with Crippen molar-refractivity contribution in [1.82, 2.24) is 20.6 Å². The summed E-state index contributed by atoms with van der Waals surface area (Å²) in [5.41, 5.74) is 1.76. The first kappa shape index (κ1) is 32.0. The Morgan fingerprint density at radius 2 is 1.78 bits per heavy atom. The number of rotatable bonds is 17. The number of anilines is 4. The fourth-order valence-electron chi connectivity index (χ4n) is 4.83. The Morgan fingerprint density at radius 3 is 2.41 bits per heavy atom. The van der Waals surface area contributed by atoms with Crippen molar-refractivity contribution in [2.24, 2.45) is 0 Å². The van der Waals surface area contributed by atoms with E-state index in [1.807, 2.05) is 14.0 Å². The zero-order valence-electron chi connectivity index (χ0n) is 25.2. The van der Waals surface area contributed by atoms with Gasteiger partial charge in [-0.25, -0.2) is 4.98 Å². The van der Waals surface area contributed by atoms with Gasteiger partial charge in [0.1, 0.15) is 17.5 Å². The summed E-state index contributed by atoms with van der Waals surface area (Å²) in [6.45, 7) is 9.46. The third kappa shape index (κ3) is 8.05. The van der Waals surface area contributed by atoms with Crippen molar-refractivity contribution in [1.29, 1.82) is 0 Å². The summed E-state index contributed by atoms with van der Waals surface area (Å²) in [6, 6.07) is 5.04. The van der Waals surface area contributed by atoms with Crippen LogP contribution in [-0.2, 0) is 14.3 Å². The molecule has 12 nitrogen and oxygen atoms in total. The molecule has 0 saturated carbocycles. The van der Waals surface area contributed by atoms with Crippen LogP contribution in [0.25, 0.3) is 0 Å². The van der Waals surface area contributed by atoms with E-state index < -0.39 is 0 Å². The van der Waals surface area contributed by atoms with Crippen molar-refractivity contribution in [3.63, 3.8) is 0 Å². The Hall–Kier alpha value is -3.48. The number of nitrogens with one attached hydrogen (secondary N) is 3. The van der Waals surface area contributed by atoms with Crippen molar-refractivity contribution < 1.29 is 23.8 Å². The molecule has 1 aliphatic rings. The predicted molar refractivity (Wildman–Crippen MR) is 161 cm³/mol. The molecular weight excluding hydrogens is 526 g/mol. The molecule has 0 saturated heterocycles. The van der Waals surface area contributed by atoms with Crippen LogP contribution in [0.2, 0.25) is 0 Å². The van der Waals surface area contributed by atoms with Crippen LogP contribution < -0.4 is 30.5 Å². The topological polar surface area (TPSA) is 130 Å². The average Bonchev–Trinajstić information content (AvgIpc) is 2.99. The Bertz CT molecular complexity index is 1140. The Morgan fingerprint density at radius 1 is 1.07 bits per heavy atom. The second-order valence-corrected chi connectivity index (χ2v) is 9.73. The first-order valence-electron chi connectivity index (χ1n) is 14.4. The van der Waals surface area contributed by atoms with Crippen LogP contribution in [-0.4, -0.2) is 94.6 Å². The first-order valence-corrected chi connectivity index (χ1v) is 14.4. The molecule has 1 aromatic carbocycles. The number of ether oxygens (including phenoxy) is 3. The fourth-order valence-corrected chi connectivity index (χ4v) is 4.83. The zero-order valence-corrected chi connectivity index (χ0v) is 25.2. The van der Waals surface area contributed by atoms with Crippen LogP contribution >= 0.6 is 0 Å². The SMILES string of the molecule is CCC(CC)N1c2nc(Nc3ccc(C(=O)NCCOCCOCCNC)cc3OC)ncc2N(C)C(=O)C1CC. The fraction of sp³-hybridized carbons (Fsp3) is 0.586. The van der Waals surface area contributed by atoms with E-state index in [1.54, 1.807) is 43.5 Å². The number of nitrogens with zero attached hydrogens (tertiary/aromatic N) is 4. The van der Waals surface area contributed by atoms with Crippen LogP contribution in [0.15, 0.2) is 24.4 Å². The Kier molecular flexibility index (Phi) is 12.6. The Balaban J connectivity index is 1.68. The molecule has 2 heterocycles. The third-order valence-electron chi connectivity index (χ3n) is 7.14. The monoisotopic (exact) mass is 571 g/mol. The van der Waals surface area contributed by atoms with E-state index in [0.29, 0.717) is 68.0 Å². The van der Waals surface area contributed by atoms with Crippen LogP contribution in [0.5, 0.6) is 5.75 Å². The molecule has 1 atom stereocenters. The molecule has 1 aromatic heterocycles. The van der Waals surface area contributed by atoms with Gasteiger partial charge in [-0.15, -0.1) is 0 Å². The molecule has 0 aliphatic carbocycles. The molecule has 0 spiro atoms. The van der Waals surface area contributed by atoms with Gasteiger partial charge in [0.25, 0.3) is 5.91 Å². The smallest absolute Gasteiger partial charge is 0.251 e. The number of carbonyl (C=O) groups is 2. The van der Waals surface area contributed by atoms with Crippen LogP contribution in [0, 0.1) is 0 Å². The van der Waals surface area contributed by atoms with Crippen molar-refractivity contribution >= 4 is 35.0 Å². The van der Waals surface area contributed by atoms with Crippen molar-refractivity contribution in [3.05, 3.63) is 30.0 Å². The number of amides is 2. The minimum Gasteiger partial charge on any atom is -0.495 e. The molecule has 1 aliphatic heterocycles. The van der Waals surface area contributed by atoms with Crippen LogP contribution in [0.1, 0.15) is 50.4 Å². The molecule has 41 heavy (non-hydrogen) atoms. The highest BCUT2D eigenvalue weighted by Gasteiger charge is 2.39. The molecule has 226 valence electrons. The van der Waals surface area contributed by atoms with Gasteiger partial charge in [-0.3, -0.25) is 9.59 Å². The molecule has 0 fully saturated rings. The van der Waals surface area contributed by atoms with E-state index in [1.165, 1.54) is 0 Å². The molecule has 3 N–H and O–H groups in total. The normalized spacial score (nSPS) is 14.8. The van der Waals surface area contributed by atoms with Gasteiger partial charge < -0.3 is 40.0 Å². The number of fused-ring (bicyclic) bond motifs is 1. The quantitative estimate of drug-likeness (QED) is 0.244. The Labute approximate surface area is 243 Å². The number of hydrogen-bond acceptors (Lipinski definition) is 10. The van der Waals surface area contributed by atoms with E-state index in [-0.39, 0.29) is 23.9 Å². The van der Waals surface area contributed by atoms with Gasteiger partial charge >= 0.3 is 0 Å². The van der Waals surface area contributed by atoms with E-state index in [2.05, 4.69) is 39.7 Å². The maximum Gasteiger partial charge on any atom is 0.251 e. The number of benzene rings is 1. The summed E-state index contributed by atoms with van der Waals surface area (Å²) in [7, 11) is 5.19. The van der Waals surface area contributed by atoms with Gasteiger partial charge in [-0.1, -0.05) is 20.8 Å². The highest BCUT2D eigenvalue weighted by atomic mass is 16.5. The highest BCUT2D eigenvalue weighted by Crippen LogP contribution is 2.38. The second kappa shape index (κ2) is 16.1. The van der Waals surface area contributed by atoms with Gasteiger partial charge in [0.2, 0.25) is 11.9 Å². The molecular formula is C29H45N7O5. The van der Waals surface area contributed by atoms with Crippen molar-refractivity contribution in [2.75, 3.05) is 75.8 Å². The molecule has 12 heteroatoms. The predicted octanol–water partition coefficient (Wildman–Crippen LogP) is 2.96. The van der Waals surface area contributed by atoms with Crippen LogP contribution in [0.3, 0.4) is 0 Å². The molecule has 2 amide bonds. The lowest BCUT2D eigenvalue weighted by Gasteiger charge is -2.44. The third-order valence-corrected chi connectivity index (χ3v) is 7.14. The summed E-state index contributed by atoms with van der Waals surface area (Å²) < 4.78 is 16.5. The van der Waals surface area contributed by atoms with Gasteiger partial charge in [0, 0.05) is 31.7 Å². The minimum atomic E-state index is -0.283. The maximum atomic E-state index is 13.1. The molecule has 0 bridgehead atoms. The summed E-state index contributed by atoms with van der Waals surface area (Å²) in [5.74, 6) is 1.40. The van der Waals surface area contributed by atoms with E-state index >= 15 is 0 Å². The second-order valence-electron chi connectivity index (χ2n) is 9.73. The number of aromatic nitrogens is 2. The summed E-state index contributed by atoms with van der Waals surface area (Å²) in [6.07, 6.45) is 4.14. The summed E-state index contributed by atoms with van der Waals surface area (Å²) in [4.78, 5) is 38.9. The van der Waals surface area contributed by atoms with E-state index in [4.69, 9.17) is 19.2 Å². The average molecular weight is 572 g/mol. The molecule has 0 radical (unpaired) electrons. The minimum absolute atomic E-state index is 0.0486. The van der Waals surface area contributed by atoms with Crippen molar-refractivity contribution in [3.8, 4) is 5.75 Å². The van der Waals surface area contributed by atoms with Crippen LogP contribution in [0.4, 0.5) is 23.1 Å². The lowest BCUT2D eigenvalue weighted by atomic mass is 10.0. The molecule has 2 aromatic rings. The maximum absolute atomic E-state index is 13.1. The lowest BCUT2D eigenvalue weighted by molar-refractivity contribution is -0.120. The zero-order chi connectivity index (χ0) is 29.8. The number of hydrogen-bond donors (Lipinski definition) is 3. The van der Waals surface area contributed by atoms with Gasteiger partial charge in [0.15, 0.2) is 5.82 Å². The first-order chi connectivity index (χ1) is 19.9. The highest BCUT2D eigenvalue weighted by molar-refractivity contribution is 6.04. The lowest BCUT2D eigenvalue weighted by Crippen LogP contribution is -2.56. The molecule has 3 rings (SSSR count). The van der Waals surface area contributed by atoms with Gasteiger partial charge in [0.05, 0.1) is 45.4 Å². The number of carbonyl (C=O) groups excluding carboxylic acids is 2. The van der Waals surface area contributed by atoms with Gasteiger partial charge in [-0.2, -0.15) is 4.98 Å². The summed E-state index contributed by atoms with van der Waals surface area (Å²) >= 11 is 0. The largest absolute Gasteiger partial charge is 0.495 e. The molecule has 1 unspecified atom stereocenters. The van der Waals surface area contributed by atoms with Crippen molar-refractivity contribution in [2.45, 2.75) is 52.1 Å². The summed E-state index contributed by atoms with van der Waals surface area (Å²) in [5, 5.41) is 9.10.